The molecule has 1 aliphatic heterocycles. The van der Waals surface area contributed by atoms with Gasteiger partial charge in [-0.3, -0.25) is 0 Å². The Bertz CT molecular complexity index is 227. The molecule has 74 valence electrons. The Morgan fingerprint density at radius 1 is 1.46 bits per heavy atom. The van der Waals surface area contributed by atoms with Crippen LogP contribution in [0.3, 0.4) is 0 Å². The molecule has 0 N–H and O–H groups in total. The van der Waals surface area contributed by atoms with Gasteiger partial charge in [0.15, 0.2) is 0 Å². The number of hydrogen-bond donors (Lipinski definition) is 0. The van der Waals surface area contributed by atoms with E-state index in [0.29, 0.717) is 11.5 Å². The van der Waals surface area contributed by atoms with Crippen molar-refractivity contribution in [1.29, 1.82) is 0 Å². The predicted molar refractivity (Wildman–Crippen MR) is 48.0 cm³/mol. The van der Waals surface area contributed by atoms with Crippen LogP contribution in [0.4, 0.5) is 8.78 Å². The molecule has 0 aliphatic carbocycles. The van der Waals surface area contributed by atoms with Gasteiger partial charge in [0.25, 0.3) is 5.92 Å². The number of thioether (sulfide) groups is 1. The Hall–Kier alpha value is -0.410. The minimum Gasteiger partial charge on any atom is -0.211 e. The second kappa shape index (κ2) is 3.76. The Morgan fingerprint density at radius 3 is 2.38 bits per heavy atom. The maximum Gasteiger partial charge on any atom is 0.270 e. The van der Waals surface area contributed by atoms with Crippen molar-refractivity contribution < 1.29 is 13.6 Å². The molecule has 2 nitrogen and oxygen atoms in total. The molecule has 1 rings (SSSR count). The number of alkyl halides is 2. The monoisotopic (exact) mass is 207 g/mol. The number of hydrogen-bond acceptors (Lipinski definition) is 3. The summed E-state index contributed by atoms with van der Waals surface area (Å²) in [5, 5.41) is 0. The number of aliphatic imine (C=N–C) groups is 1. The van der Waals surface area contributed by atoms with Gasteiger partial charge in [0.1, 0.15) is 5.54 Å². The molecule has 0 atom stereocenters. The number of nitrogens with zero attached hydrogens (tertiary/aromatic N) is 1. The van der Waals surface area contributed by atoms with Crippen molar-refractivity contribution in [3.63, 3.8) is 0 Å². The zero-order chi connectivity index (χ0) is 9.95. The minimum absolute atomic E-state index is 0.260. The van der Waals surface area contributed by atoms with Gasteiger partial charge in [-0.2, -0.15) is 16.8 Å². The predicted octanol–water partition coefficient (Wildman–Crippen LogP) is 2.24. The van der Waals surface area contributed by atoms with E-state index in [2.05, 4.69) is 4.99 Å². The van der Waals surface area contributed by atoms with E-state index < -0.39 is 11.5 Å². The quantitative estimate of drug-likeness (QED) is 0.513. The summed E-state index contributed by atoms with van der Waals surface area (Å²) >= 11 is 1.62. The Morgan fingerprint density at radius 2 is 2.00 bits per heavy atom. The first-order chi connectivity index (χ1) is 6.02. The average Bonchev–Trinajstić information content (AvgIpc) is 2.04. The molecule has 0 amide bonds. The fourth-order valence-corrected chi connectivity index (χ4v) is 2.61. The van der Waals surface area contributed by atoms with Crippen LogP contribution in [0.5, 0.6) is 0 Å². The molecule has 0 spiro atoms. The lowest BCUT2D eigenvalue weighted by Gasteiger charge is -2.36. The molecule has 1 saturated heterocycles. The van der Waals surface area contributed by atoms with E-state index in [4.69, 9.17) is 0 Å². The third-order valence-corrected chi connectivity index (χ3v) is 3.38. The third kappa shape index (κ3) is 2.09. The largest absolute Gasteiger partial charge is 0.270 e. The van der Waals surface area contributed by atoms with Gasteiger partial charge in [-0.15, -0.1) is 0 Å². The van der Waals surface area contributed by atoms with Crippen molar-refractivity contribution >= 4 is 17.8 Å². The Labute approximate surface area is 79.8 Å². The molecule has 1 aliphatic rings. The SMILES string of the molecule is CC(F)(F)C1(N=C=O)CCSCC1. The van der Waals surface area contributed by atoms with Crippen molar-refractivity contribution in [3.8, 4) is 0 Å². The average molecular weight is 207 g/mol. The van der Waals surface area contributed by atoms with E-state index in [1.807, 2.05) is 0 Å². The van der Waals surface area contributed by atoms with Crippen molar-refractivity contribution in [2.45, 2.75) is 31.2 Å². The number of carbonyl (C=O) groups excluding carboxylic acids is 1. The fourth-order valence-electron chi connectivity index (χ4n) is 1.45. The van der Waals surface area contributed by atoms with E-state index in [1.54, 1.807) is 11.8 Å². The van der Waals surface area contributed by atoms with Crippen LogP contribution in [0.15, 0.2) is 4.99 Å². The normalized spacial score (nSPS) is 22.1. The summed E-state index contributed by atoms with van der Waals surface area (Å²) in [7, 11) is 0. The maximum absolute atomic E-state index is 13.2. The first kappa shape index (κ1) is 10.7. The van der Waals surface area contributed by atoms with Crippen molar-refractivity contribution in [3.05, 3.63) is 0 Å². The number of rotatable bonds is 2. The molecule has 0 unspecified atom stereocenters. The molecule has 1 heterocycles. The van der Waals surface area contributed by atoms with Gasteiger partial charge < -0.3 is 0 Å². The number of isocyanates is 1. The van der Waals surface area contributed by atoms with Crippen LogP contribution in [0.1, 0.15) is 19.8 Å². The minimum atomic E-state index is -2.93. The highest BCUT2D eigenvalue weighted by Gasteiger charge is 2.50. The molecule has 5 heteroatoms. The van der Waals surface area contributed by atoms with Gasteiger partial charge in [0.2, 0.25) is 6.08 Å². The fraction of sp³-hybridized carbons (Fsp3) is 0.875. The lowest BCUT2D eigenvalue weighted by atomic mass is 9.87. The van der Waals surface area contributed by atoms with Crippen molar-refractivity contribution in [1.82, 2.24) is 0 Å². The highest BCUT2D eigenvalue weighted by atomic mass is 32.2. The smallest absolute Gasteiger partial charge is 0.211 e. The Balaban J connectivity index is 2.92. The lowest BCUT2D eigenvalue weighted by Crippen LogP contribution is -2.47. The summed E-state index contributed by atoms with van der Waals surface area (Å²) < 4.78 is 26.3. The highest BCUT2D eigenvalue weighted by molar-refractivity contribution is 7.99. The molecule has 0 saturated carbocycles. The van der Waals surface area contributed by atoms with Gasteiger partial charge in [0.05, 0.1) is 0 Å². The van der Waals surface area contributed by atoms with E-state index in [9.17, 15) is 13.6 Å². The first-order valence-electron chi connectivity index (χ1n) is 4.06. The highest BCUT2D eigenvalue weighted by Crippen LogP contribution is 2.42. The topological polar surface area (TPSA) is 29.4 Å². The summed E-state index contributed by atoms with van der Waals surface area (Å²) in [6, 6.07) is 0. The molecule has 13 heavy (non-hydrogen) atoms. The Kier molecular flexibility index (Phi) is 3.09. The number of halogens is 2. The molecule has 1 fully saturated rings. The van der Waals surface area contributed by atoms with Crippen LogP contribution in [0, 0.1) is 0 Å². The van der Waals surface area contributed by atoms with Gasteiger partial charge in [-0.25, -0.2) is 13.6 Å². The van der Waals surface area contributed by atoms with Crippen LogP contribution < -0.4 is 0 Å². The van der Waals surface area contributed by atoms with Gasteiger partial charge in [-0.05, 0) is 24.3 Å². The molecular weight excluding hydrogens is 196 g/mol. The van der Waals surface area contributed by atoms with Crippen molar-refractivity contribution in [2.24, 2.45) is 4.99 Å². The molecule has 0 bridgehead atoms. The van der Waals surface area contributed by atoms with E-state index in [1.165, 1.54) is 6.08 Å². The van der Waals surface area contributed by atoms with Crippen molar-refractivity contribution in [2.75, 3.05) is 11.5 Å². The molecular formula is C8H11F2NOS. The van der Waals surface area contributed by atoms with E-state index in [0.717, 1.165) is 6.92 Å². The van der Waals surface area contributed by atoms with Crippen LogP contribution in [0.25, 0.3) is 0 Å². The molecule has 0 aromatic rings. The molecule has 0 aromatic carbocycles. The van der Waals surface area contributed by atoms with Gasteiger partial charge in [0, 0.05) is 6.92 Å². The standard InChI is InChI=1S/C8H11F2NOS/c1-7(9,10)8(11-6-12)2-4-13-5-3-8/h2-5H2,1H3. The van der Waals surface area contributed by atoms with Gasteiger partial charge >= 0.3 is 0 Å². The zero-order valence-corrected chi connectivity index (χ0v) is 8.16. The molecule has 0 radical (unpaired) electrons. The summed E-state index contributed by atoms with van der Waals surface area (Å²) in [4.78, 5) is 13.4. The first-order valence-corrected chi connectivity index (χ1v) is 5.22. The summed E-state index contributed by atoms with van der Waals surface area (Å²) in [5.74, 6) is -1.66. The lowest BCUT2D eigenvalue weighted by molar-refractivity contribution is -0.0591. The third-order valence-electron chi connectivity index (χ3n) is 2.40. The summed E-state index contributed by atoms with van der Waals surface area (Å²) in [6.07, 6.45) is 1.79. The maximum atomic E-state index is 13.2. The summed E-state index contributed by atoms with van der Waals surface area (Å²) in [5.41, 5.74) is -1.49. The van der Waals surface area contributed by atoms with Crippen LogP contribution in [-0.2, 0) is 4.79 Å². The van der Waals surface area contributed by atoms with Crippen LogP contribution in [-0.4, -0.2) is 29.0 Å². The molecule has 0 aromatic heterocycles. The second-order valence-electron chi connectivity index (χ2n) is 3.24. The van der Waals surface area contributed by atoms with Crippen LogP contribution >= 0.6 is 11.8 Å². The van der Waals surface area contributed by atoms with E-state index >= 15 is 0 Å². The second-order valence-corrected chi connectivity index (χ2v) is 4.46. The summed E-state index contributed by atoms with van der Waals surface area (Å²) in [6.45, 7) is 0.823. The zero-order valence-electron chi connectivity index (χ0n) is 7.35. The van der Waals surface area contributed by atoms with E-state index in [-0.39, 0.29) is 12.8 Å². The van der Waals surface area contributed by atoms with Crippen LogP contribution in [0.2, 0.25) is 0 Å². The van der Waals surface area contributed by atoms with Gasteiger partial charge in [-0.1, -0.05) is 0 Å².